The minimum atomic E-state index is -1.50. The fraction of sp³-hybridized carbons (Fsp3) is 0.143. The van der Waals surface area contributed by atoms with Crippen molar-refractivity contribution < 1.29 is 8.39 Å². The Morgan fingerprint density at radius 2 is 2.25 bits per heavy atom. The SMILES string of the molecule is COS(=O)c1cccc(N=O)c1. The summed E-state index contributed by atoms with van der Waals surface area (Å²) in [6.07, 6.45) is 0. The van der Waals surface area contributed by atoms with Crippen molar-refractivity contribution in [2.24, 2.45) is 5.18 Å². The van der Waals surface area contributed by atoms with Gasteiger partial charge in [0.15, 0.2) is 11.1 Å². The van der Waals surface area contributed by atoms with Gasteiger partial charge in [-0.15, -0.1) is 4.91 Å². The van der Waals surface area contributed by atoms with Gasteiger partial charge in [0.25, 0.3) is 0 Å². The van der Waals surface area contributed by atoms with Gasteiger partial charge >= 0.3 is 0 Å². The summed E-state index contributed by atoms with van der Waals surface area (Å²) in [5.74, 6) is 0. The summed E-state index contributed by atoms with van der Waals surface area (Å²) in [7, 11) is 1.33. The molecule has 0 saturated heterocycles. The second-order valence-electron chi connectivity index (χ2n) is 1.99. The molecule has 0 aromatic heterocycles. The third-order valence-corrected chi connectivity index (χ3v) is 2.21. The van der Waals surface area contributed by atoms with E-state index in [4.69, 9.17) is 0 Å². The van der Waals surface area contributed by atoms with Gasteiger partial charge in [-0.2, -0.15) is 0 Å². The van der Waals surface area contributed by atoms with Gasteiger partial charge in [-0.1, -0.05) is 6.07 Å². The number of nitroso groups, excluding NO2 is 1. The Morgan fingerprint density at radius 3 is 2.83 bits per heavy atom. The van der Waals surface area contributed by atoms with E-state index in [1.54, 1.807) is 12.1 Å². The summed E-state index contributed by atoms with van der Waals surface area (Å²) in [5.41, 5.74) is 0.248. The van der Waals surface area contributed by atoms with E-state index < -0.39 is 11.1 Å². The molecule has 5 heteroatoms. The van der Waals surface area contributed by atoms with Gasteiger partial charge < -0.3 is 0 Å². The zero-order valence-corrected chi connectivity index (χ0v) is 7.21. The Bertz CT molecular complexity index is 313. The summed E-state index contributed by atoms with van der Waals surface area (Å²) in [5, 5.41) is 2.71. The van der Waals surface area contributed by atoms with Crippen LogP contribution in [0.3, 0.4) is 0 Å². The number of nitrogens with zero attached hydrogens (tertiary/aromatic N) is 1. The Morgan fingerprint density at radius 1 is 1.50 bits per heavy atom. The predicted molar refractivity (Wildman–Crippen MR) is 45.3 cm³/mol. The normalized spacial score (nSPS) is 12.4. The van der Waals surface area contributed by atoms with Gasteiger partial charge in [-0.05, 0) is 23.4 Å². The van der Waals surface area contributed by atoms with E-state index in [0.29, 0.717) is 4.90 Å². The molecule has 1 unspecified atom stereocenters. The largest absolute Gasteiger partial charge is 0.290 e. The van der Waals surface area contributed by atoms with Crippen molar-refractivity contribution in [3.8, 4) is 0 Å². The van der Waals surface area contributed by atoms with Crippen molar-refractivity contribution in [1.82, 2.24) is 0 Å². The standard InChI is InChI=1S/C7H7NO3S/c1-11-12(10)7-4-2-3-6(5-7)8-9/h2-5H,1H3. The molecule has 0 radical (unpaired) electrons. The highest BCUT2D eigenvalue weighted by Crippen LogP contribution is 2.16. The molecular formula is C7H7NO3S. The molecule has 0 saturated carbocycles. The van der Waals surface area contributed by atoms with Gasteiger partial charge in [-0.25, -0.2) is 4.21 Å². The van der Waals surface area contributed by atoms with Crippen LogP contribution in [-0.4, -0.2) is 11.3 Å². The lowest BCUT2D eigenvalue weighted by atomic mass is 10.3. The Balaban J connectivity index is 3.01. The van der Waals surface area contributed by atoms with E-state index in [0.717, 1.165) is 0 Å². The topological polar surface area (TPSA) is 55.7 Å². The van der Waals surface area contributed by atoms with Crippen molar-refractivity contribution in [1.29, 1.82) is 0 Å². The number of benzene rings is 1. The summed E-state index contributed by atoms with van der Waals surface area (Å²) >= 11 is -1.50. The molecule has 4 nitrogen and oxygen atoms in total. The first-order valence-corrected chi connectivity index (χ1v) is 4.25. The van der Waals surface area contributed by atoms with Crippen LogP contribution in [0.2, 0.25) is 0 Å². The second kappa shape index (κ2) is 4.08. The van der Waals surface area contributed by atoms with E-state index in [1.807, 2.05) is 0 Å². The van der Waals surface area contributed by atoms with Gasteiger partial charge in [-0.3, -0.25) is 4.18 Å². The lowest BCUT2D eigenvalue weighted by Crippen LogP contribution is -1.91. The Kier molecular flexibility index (Phi) is 3.07. The van der Waals surface area contributed by atoms with Crippen molar-refractivity contribution in [3.63, 3.8) is 0 Å². The minimum absolute atomic E-state index is 0.248. The maximum Gasteiger partial charge on any atom is 0.188 e. The van der Waals surface area contributed by atoms with Crippen molar-refractivity contribution >= 4 is 16.8 Å². The van der Waals surface area contributed by atoms with E-state index in [9.17, 15) is 9.12 Å². The molecule has 1 aromatic carbocycles. The number of hydrogen-bond donors (Lipinski definition) is 0. The van der Waals surface area contributed by atoms with E-state index in [-0.39, 0.29) is 5.69 Å². The fourth-order valence-electron chi connectivity index (χ4n) is 0.740. The molecule has 0 spiro atoms. The molecule has 0 aliphatic rings. The van der Waals surface area contributed by atoms with Crippen LogP contribution in [0, 0.1) is 4.91 Å². The summed E-state index contributed by atoms with van der Waals surface area (Å²) in [6.45, 7) is 0. The summed E-state index contributed by atoms with van der Waals surface area (Å²) < 4.78 is 15.6. The van der Waals surface area contributed by atoms with Gasteiger partial charge in [0.2, 0.25) is 0 Å². The Labute approximate surface area is 72.2 Å². The van der Waals surface area contributed by atoms with Gasteiger partial charge in [0.1, 0.15) is 5.69 Å². The van der Waals surface area contributed by atoms with Gasteiger partial charge in [0, 0.05) is 0 Å². The summed E-state index contributed by atoms with van der Waals surface area (Å²) in [4.78, 5) is 10.5. The summed E-state index contributed by atoms with van der Waals surface area (Å²) in [6, 6.07) is 6.16. The van der Waals surface area contributed by atoms with E-state index >= 15 is 0 Å². The van der Waals surface area contributed by atoms with Crippen LogP contribution in [0.25, 0.3) is 0 Å². The van der Waals surface area contributed by atoms with Crippen LogP contribution in [0.1, 0.15) is 0 Å². The molecule has 0 heterocycles. The highest BCUT2D eigenvalue weighted by atomic mass is 32.2. The number of rotatable bonds is 3. The lowest BCUT2D eigenvalue weighted by Gasteiger charge is -1.97. The van der Waals surface area contributed by atoms with Gasteiger partial charge in [0.05, 0.1) is 12.0 Å². The monoisotopic (exact) mass is 185 g/mol. The molecule has 0 fully saturated rings. The molecule has 0 amide bonds. The molecule has 64 valence electrons. The molecule has 0 bridgehead atoms. The molecule has 1 rings (SSSR count). The quantitative estimate of drug-likeness (QED) is 0.674. The average Bonchev–Trinajstić information content (AvgIpc) is 2.17. The van der Waals surface area contributed by atoms with Crippen LogP contribution in [-0.2, 0) is 15.3 Å². The third kappa shape index (κ3) is 1.96. The van der Waals surface area contributed by atoms with Crippen LogP contribution in [0.15, 0.2) is 34.3 Å². The number of hydrogen-bond acceptors (Lipinski definition) is 4. The van der Waals surface area contributed by atoms with Crippen LogP contribution in [0.4, 0.5) is 5.69 Å². The zero-order valence-electron chi connectivity index (χ0n) is 6.39. The molecule has 1 atom stereocenters. The fourth-order valence-corrected chi connectivity index (χ4v) is 1.34. The highest BCUT2D eigenvalue weighted by Gasteiger charge is 2.02. The maximum atomic E-state index is 11.0. The van der Waals surface area contributed by atoms with Crippen molar-refractivity contribution in [3.05, 3.63) is 29.2 Å². The first-order chi connectivity index (χ1) is 5.77. The first kappa shape index (κ1) is 9.02. The zero-order chi connectivity index (χ0) is 8.97. The Hall–Kier alpha value is -1.07. The van der Waals surface area contributed by atoms with Crippen LogP contribution < -0.4 is 0 Å². The van der Waals surface area contributed by atoms with Crippen molar-refractivity contribution in [2.45, 2.75) is 4.90 Å². The van der Waals surface area contributed by atoms with Crippen LogP contribution >= 0.6 is 0 Å². The maximum absolute atomic E-state index is 11.0. The van der Waals surface area contributed by atoms with Crippen molar-refractivity contribution in [2.75, 3.05) is 7.11 Å². The lowest BCUT2D eigenvalue weighted by molar-refractivity contribution is 0.446. The van der Waals surface area contributed by atoms with E-state index in [2.05, 4.69) is 9.36 Å². The minimum Gasteiger partial charge on any atom is -0.290 e. The molecular weight excluding hydrogens is 178 g/mol. The van der Waals surface area contributed by atoms with E-state index in [1.165, 1.54) is 19.2 Å². The third-order valence-electron chi connectivity index (χ3n) is 1.27. The molecule has 1 aromatic rings. The second-order valence-corrected chi connectivity index (χ2v) is 3.26. The predicted octanol–water partition coefficient (Wildman–Crippen LogP) is 1.75. The first-order valence-electron chi connectivity index (χ1n) is 3.17. The molecule has 0 N–H and O–H groups in total. The average molecular weight is 185 g/mol. The highest BCUT2D eigenvalue weighted by molar-refractivity contribution is 7.80. The smallest absolute Gasteiger partial charge is 0.188 e. The van der Waals surface area contributed by atoms with Crippen LogP contribution in [0.5, 0.6) is 0 Å². The molecule has 0 aliphatic carbocycles. The molecule has 0 aliphatic heterocycles. The molecule has 12 heavy (non-hydrogen) atoms.